The fourth-order valence-electron chi connectivity index (χ4n) is 1.42. The van der Waals surface area contributed by atoms with E-state index < -0.39 is 4.92 Å². The summed E-state index contributed by atoms with van der Waals surface area (Å²) in [6, 6.07) is 6.84. The zero-order valence-electron chi connectivity index (χ0n) is 9.67. The van der Waals surface area contributed by atoms with Crippen molar-refractivity contribution >= 4 is 44.7 Å². The summed E-state index contributed by atoms with van der Waals surface area (Å²) in [5.74, 6) is -0.0791. The molecule has 1 heterocycles. The monoisotopic (exact) mass is 353 g/mol. The molecule has 2 aromatic rings. The first-order valence-corrected chi connectivity index (χ1v) is 6.32. The van der Waals surface area contributed by atoms with Crippen LogP contribution in [0.15, 0.2) is 28.9 Å². The maximum absolute atomic E-state index is 10.9. The van der Waals surface area contributed by atoms with Crippen molar-refractivity contribution in [3.05, 3.63) is 49.8 Å². The number of aromatic nitrogens is 2. The molecule has 0 bridgehead atoms. The van der Waals surface area contributed by atoms with Gasteiger partial charge in [-0.25, -0.2) is 4.98 Å². The predicted molar refractivity (Wildman–Crippen MR) is 75.8 cm³/mol. The summed E-state index contributed by atoms with van der Waals surface area (Å²) < 4.78 is 0.710. The number of benzene rings is 1. The molecule has 0 atom stereocenters. The van der Waals surface area contributed by atoms with E-state index in [0.717, 1.165) is 6.20 Å². The normalized spacial score (nSPS) is 9.85. The molecule has 0 saturated carbocycles. The Hall–Kier alpha value is -2.24. The molecule has 0 fully saturated rings. The highest BCUT2D eigenvalue weighted by Crippen LogP contribution is 2.29. The lowest BCUT2D eigenvalue weighted by atomic mass is 10.2. The summed E-state index contributed by atoms with van der Waals surface area (Å²) in [4.78, 5) is 17.6. The van der Waals surface area contributed by atoms with Crippen LogP contribution in [-0.2, 0) is 0 Å². The predicted octanol–water partition coefficient (Wildman–Crippen LogP) is 3.42. The van der Waals surface area contributed by atoms with Crippen LogP contribution in [0.4, 0.5) is 17.2 Å². The van der Waals surface area contributed by atoms with E-state index in [1.165, 1.54) is 0 Å². The second-order valence-corrected chi connectivity index (χ2v) is 4.81. The minimum Gasteiger partial charge on any atom is -0.333 e. The Morgan fingerprint density at radius 2 is 2.25 bits per heavy atom. The molecule has 1 N–H and O–H groups in total. The van der Waals surface area contributed by atoms with Gasteiger partial charge in [-0.05, 0) is 29.8 Å². The van der Waals surface area contributed by atoms with E-state index in [-0.39, 0.29) is 16.8 Å². The van der Waals surface area contributed by atoms with Crippen molar-refractivity contribution in [2.24, 2.45) is 0 Å². The number of nitriles is 1. The second kappa shape index (κ2) is 5.81. The number of halogens is 2. The SMILES string of the molecule is N#Cc1ccc(Br)cc1Nc1nc(Cl)ncc1[N+](=O)[O-]. The van der Waals surface area contributed by atoms with Crippen molar-refractivity contribution in [2.75, 3.05) is 5.32 Å². The van der Waals surface area contributed by atoms with Gasteiger partial charge in [0.25, 0.3) is 0 Å². The van der Waals surface area contributed by atoms with Crippen LogP contribution in [0, 0.1) is 21.4 Å². The van der Waals surface area contributed by atoms with Crippen molar-refractivity contribution in [1.29, 1.82) is 5.26 Å². The van der Waals surface area contributed by atoms with Gasteiger partial charge in [-0.1, -0.05) is 15.9 Å². The Morgan fingerprint density at radius 3 is 2.90 bits per heavy atom. The Morgan fingerprint density at radius 1 is 1.50 bits per heavy atom. The largest absolute Gasteiger partial charge is 0.333 e. The lowest BCUT2D eigenvalue weighted by Gasteiger charge is -2.08. The fraction of sp³-hybridized carbons (Fsp3) is 0. The summed E-state index contributed by atoms with van der Waals surface area (Å²) in [5, 5.41) is 22.5. The van der Waals surface area contributed by atoms with Crippen molar-refractivity contribution in [3.63, 3.8) is 0 Å². The molecule has 0 radical (unpaired) electrons. The van der Waals surface area contributed by atoms with Crippen LogP contribution in [-0.4, -0.2) is 14.9 Å². The molecule has 1 aromatic carbocycles. The van der Waals surface area contributed by atoms with E-state index in [0.29, 0.717) is 15.7 Å². The average molecular weight is 355 g/mol. The second-order valence-electron chi connectivity index (χ2n) is 3.56. The van der Waals surface area contributed by atoms with Crippen LogP contribution in [0.5, 0.6) is 0 Å². The highest BCUT2D eigenvalue weighted by atomic mass is 79.9. The summed E-state index contributed by atoms with van der Waals surface area (Å²) >= 11 is 8.89. The molecule has 7 nitrogen and oxygen atoms in total. The highest BCUT2D eigenvalue weighted by molar-refractivity contribution is 9.10. The minimum atomic E-state index is -0.636. The van der Waals surface area contributed by atoms with Crippen LogP contribution >= 0.6 is 27.5 Å². The topological polar surface area (TPSA) is 105 Å². The summed E-state index contributed by atoms with van der Waals surface area (Å²) in [5.41, 5.74) is 0.357. The third kappa shape index (κ3) is 3.01. The van der Waals surface area contributed by atoms with E-state index in [1.54, 1.807) is 18.2 Å². The minimum absolute atomic E-state index is 0.0791. The Labute approximate surface area is 126 Å². The van der Waals surface area contributed by atoms with Gasteiger partial charge in [0, 0.05) is 4.47 Å². The smallest absolute Gasteiger partial charge is 0.329 e. The molecule has 9 heteroatoms. The van der Waals surface area contributed by atoms with E-state index in [2.05, 4.69) is 31.2 Å². The lowest BCUT2D eigenvalue weighted by molar-refractivity contribution is -0.384. The van der Waals surface area contributed by atoms with Gasteiger partial charge < -0.3 is 5.32 Å². The molecule has 0 aliphatic heterocycles. The van der Waals surface area contributed by atoms with Crippen LogP contribution in [0.3, 0.4) is 0 Å². The van der Waals surface area contributed by atoms with Gasteiger partial charge in [-0.15, -0.1) is 0 Å². The summed E-state index contributed by atoms with van der Waals surface area (Å²) in [6.45, 7) is 0. The van der Waals surface area contributed by atoms with Crippen LogP contribution < -0.4 is 5.32 Å². The molecule has 20 heavy (non-hydrogen) atoms. The first-order chi connectivity index (χ1) is 9.51. The number of nitrogens with one attached hydrogen (secondary N) is 1. The average Bonchev–Trinajstić information content (AvgIpc) is 2.38. The molecule has 0 aliphatic rings. The summed E-state index contributed by atoms with van der Waals surface area (Å²) in [7, 11) is 0. The quantitative estimate of drug-likeness (QED) is 0.514. The Balaban J connectivity index is 2.50. The van der Waals surface area contributed by atoms with Gasteiger partial charge in [-0.3, -0.25) is 10.1 Å². The molecule has 0 saturated heterocycles. The third-order valence-corrected chi connectivity index (χ3v) is 2.97. The van der Waals surface area contributed by atoms with E-state index >= 15 is 0 Å². The van der Waals surface area contributed by atoms with Gasteiger partial charge >= 0.3 is 5.69 Å². The zero-order valence-corrected chi connectivity index (χ0v) is 12.0. The van der Waals surface area contributed by atoms with E-state index in [1.807, 2.05) is 6.07 Å². The number of nitrogens with zero attached hydrogens (tertiary/aromatic N) is 4. The van der Waals surface area contributed by atoms with Gasteiger partial charge in [-0.2, -0.15) is 10.2 Å². The molecule has 0 spiro atoms. The molecule has 0 amide bonds. The number of anilines is 2. The van der Waals surface area contributed by atoms with Crippen LogP contribution in [0.1, 0.15) is 5.56 Å². The zero-order chi connectivity index (χ0) is 14.7. The van der Waals surface area contributed by atoms with Gasteiger partial charge in [0.2, 0.25) is 11.1 Å². The van der Waals surface area contributed by atoms with Gasteiger partial charge in [0.1, 0.15) is 12.3 Å². The van der Waals surface area contributed by atoms with Crippen molar-refractivity contribution in [3.8, 4) is 6.07 Å². The van der Waals surface area contributed by atoms with E-state index in [4.69, 9.17) is 16.9 Å². The Bertz CT molecular complexity index is 731. The number of hydrogen-bond donors (Lipinski definition) is 1. The van der Waals surface area contributed by atoms with E-state index in [9.17, 15) is 10.1 Å². The molecule has 100 valence electrons. The first-order valence-electron chi connectivity index (χ1n) is 5.15. The molecule has 0 aliphatic carbocycles. The van der Waals surface area contributed by atoms with Crippen molar-refractivity contribution < 1.29 is 4.92 Å². The standard InChI is InChI=1S/C11H5BrClN5O2/c12-7-2-1-6(4-14)8(3-7)16-10-9(18(19)20)5-15-11(13)17-10/h1-3,5H,(H,15,16,17). The van der Waals surface area contributed by atoms with Gasteiger partial charge in [0.05, 0.1) is 16.2 Å². The number of nitro groups is 1. The highest BCUT2D eigenvalue weighted by Gasteiger charge is 2.18. The maximum Gasteiger partial charge on any atom is 0.329 e. The first kappa shape index (κ1) is 14.2. The molecule has 2 rings (SSSR count). The Kier molecular flexibility index (Phi) is 4.12. The number of rotatable bonds is 3. The van der Waals surface area contributed by atoms with Crippen LogP contribution in [0.2, 0.25) is 5.28 Å². The molecular formula is C11H5BrClN5O2. The van der Waals surface area contributed by atoms with Crippen molar-refractivity contribution in [2.45, 2.75) is 0 Å². The van der Waals surface area contributed by atoms with Crippen LogP contribution in [0.25, 0.3) is 0 Å². The molecule has 0 unspecified atom stereocenters. The number of hydrogen-bond acceptors (Lipinski definition) is 6. The summed E-state index contributed by atoms with van der Waals surface area (Å²) in [6.07, 6.45) is 1.00. The molecule has 1 aromatic heterocycles. The third-order valence-electron chi connectivity index (χ3n) is 2.29. The maximum atomic E-state index is 10.9. The van der Waals surface area contributed by atoms with Crippen molar-refractivity contribution in [1.82, 2.24) is 9.97 Å². The lowest BCUT2D eigenvalue weighted by Crippen LogP contribution is -2.02. The fourth-order valence-corrected chi connectivity index (χ4v) is 1.92. The molecular weight excluding hydrogens is 350 g/mol. The van der Waals surface area contributed by atoms with Gasteiger partial charge in [0.15, 0.2) is 0 Å².